The molecule has 0 aliphatic rings. The van der Waals surface area contributed by atoms with Crippen molar-refractivity contribution in [3.05, 3.63) is 36.4 Å². The zero-order valence-electron chi connectivity index (χ0n) is 31.0. The average Bonchev–Trinajstić information content (AvgIpc) is 3.13. The van der Waals surface area contributed by atoms with Gasteiger partial charge in [0.1, 0.15) is 13.2 Å². The maximum atomic E-state index is 9.60. The first-order valence-corrected chi connectivity index (χ1v) is 19.1. The minimum atomic E-state index is -0.135. The number of ether oxygens (including phenoxy) is 6. The highest BCUT2D eigenvalue weighted by atomic mass is 16.5. The van der Waals surface area contributed by atoms with Crippen LogP contribution in [0.2, 0.25) is 0 Å². The molecule has 0 bridgehead atoms. The minimum Gasteiger partial charge on any atom is -0.490 e. The lowest BCUT2D eigenvalue weighted by Gasteiger charge is -2.20. The summed E-state index contributed by atoms with van der Waals surface area (Å²) in [6, 6.07) is 12.4. The van der Waals surface area contributed by atoms with Crippen LogP contribution in [-0.4, -0.2) is 63.1 Å². The monoisotopic (exact) mass is 692 g/mol. The van der Waals surface area contributed by atoms with Crippen molar-refractivity contribution in [1.82, 2.24) is 0 Å². The molecule has 8 nitrogen and oxygen atoms in total. The largest absolute Gasteiger partial charge is 0.490 e. The highest BCUT2D eigenvalue weighted by Gasteiger charge is 2.20. The number of benzene rings is 4. The number of rotatable bonds is 26. The van der Waals surface area contributed by atoms with Gasteiger partial charge in [0.25, 0.3) is 0 Å². The predicted octanol–water partition coefficient (Wildman–Crippen LogP) is 10.2. The van der Waals surface area contributed by atoms with Gasteiger partial charge >= 0.3 is 0 Å². The van der Waals surface area contributed by atoms with Crippen LogP contribution < -0.4 is 28.4 Å². The second kappa shape index (κ2) is 21.6. The molecule has 0 aliphatic heterocycles. The fourth-order valence-electron chi connectivity index (χ4n) is 6.14. The van der Waals surface area contributed by atoms with Crippen LogP contribution in [0, 0.1) is 0 Å². The summed E-state index contributed by atoms with van der Waals surface area (Å²) in [6.07, 6.45) is 12.7. The van der Waals surface area contributed by atoms with Crippen LogP contribution >= 0.6 is 0 Å². The molecule has 276 valence electrons. The number of unbranched alkanes of at least 4 members (excludes halogenated alkanes) is 8. The van der Waals surface area contributed by atoms with Gasteiger partial charge in [0.05, 0.1) is 39.6 Å². The van der Waals surface area contributed by atoms with E-state index in [0.29, 0.717) is 37.9 Å². The summed E-state index contributed by atoms with van der Waals surface area (Å²) >= 11 is 0. The van der Waals surface area contributed by atoms with Gasteiger partial charge in [-0.25, -0.2) is 0 Å². The Bertz CT molecular complexity index is 1480. The number of hydrogen-bond acceptors (Lipinski definition) is 8. The van der Waals surface area contributed by atoms with E-state index < -0.39 is 0 Å². The Morgan fingerprint density at radius 1 is 0.320 bits per heavy atom. The van der Waals surface area contributed by atoms with Crippen molar-refractivity contribution in [2.45, 2.75) is 105 Å². The van der Waals surface area contributed by atoms with Gasteiger partial charge in [-0.15, -0.1) is 0 Å². The Morgan fingerprint density at radius 3 is 0.700 bits per heavy atom. The lowest BCUT2D eigenvalue weighted by atomic mass is 9.93. The highest BCUT2D eigenvalue weighted by molar-refractivity contribution is 6.26. The van der Waals surface area contributed by atoms with Crippen molar-refractivity contribution in [1.29, 1.82) is 0 Å². The predicted molar refractivity (Wildman–Crippen MR) is 204 cm³/mol. The van der Waals surface area contributed by atoms with E-state index in [9.17, 15) is 10.2 Å². The van der Waals surface area contributed by atoms with E-state index in [4.69, 9.17) is 28.4 Å². The molecule has 0 saturated heterocycles. The van der Waals surface area contributed by atoms with Gasteiger partial charge in [0.2, 0.25) is 0 Å². The summed E-state index contributed by atoms with van der Waals surface area (Å²) < 4.78 is 37.8. The first kappa shape index (κ1) is 39.2. The lowest BCUT2D eigenvalue weighted by Crippen LogP contribution is -2.07. The molecule has 0 aromatic heterocycles. The van der Waals surface area contributed by atoms with Gasteiger partial charge in [-0.3, -0.25) is 0 Å². The summed E-state index contributed by atoms with van der Waals surface area (Å²) in [7, 11) is 0. The molecule has 4 rings (SSSR count). The van der Waals surface area contributed by atoms with Crippen LogP contribution in [0.3, 0.4) is 0 Å². The Morgan fingerprint density at radius 2 is 0.520 bits per heavy atom. The molecular formula is C42H60O8. The molecule has 4 aromatic carbocycles. The Labute approximate surface area is 299 Å². The number of hydrogen-bond donors (Lipinski definition) is 2. The summed E-state index contributed by atoms with van der Waals surface area (Å²) in [5.41, 5.74) is 0. The van der Waals surface area contributed by atoms with Crippen molar-refractivity contribution in [3.63, 3.8) is 0 Å². The van der Waals surface area contributed by atoms with Crippen molar-refractivity contribution in [3.8, 4) is 34.5 Å². The van der Waals surface area contributed by atoms with Gasteiger partial charge in [-0.05, 0) is 94.4 Å². The molecule has 0 atom stereocenters. The van der Waals surface area contributed by atoms with Gasteiger partial charge in [-0.1, -0.05) is 79.1 Å². The molecule has 0 aliphatic carbocycles. The van der Waals surface area contributed by atoms with Crippen LogP contribution in [0.1, 0.15) is 105 Å². The fraction of sp³-hybridized carbons (Fsp3) is 0.571. The van der Waals surface area contributed by atoms with E-state index in [2.05, 4.69) is 52.0 Å². The maximum Gasteiger partial charge on any atom is 0.161 e. The van der Waals surface area contributed by atoms with Gasteiger partial charge in [-0.2, -0.15) is 0 Å². The van der Waals surface area contributed by atoms with E-state index in [1.807, 2.05) is 12.1 Å². The standard InChI is InChI=1S/C42H60O8/c1-5-9-13-19-45-37-25-31-32-26-38(46-20-14-10-6-2)40(48-22-16-12-8-4)28-34(32)36-30-42(50-24-18-44)41(49-23-17-43)29-35(36)33(31)27-39(37)47-21-15-11-7-3/h25-30,43-44H,5-24H2,1-4H3. The molecule has 50 heavy (non-hydrogen) atoms. The molecule has 2 N–H and O–H groups in total. The van der Waals surface area contributed by atoms with Crippen LogP contribution in [0.25, 0.3) is 32.3 Å². The van der Waals surface area contributed by atoms with Crippen molar-refractivity contribution < 1.29 is 38.6 Å². The van der Waals surface area contributed by atoms with Crippen LogP contribution in [0.15, 0.2) is 36.4 Å². The Balaban J connectivity index is 2.01. The van der Waals surface area contributed by atoms with E-state index >= 15 is 0 Å². The molecule has 4 aromatic rings. The summed E-state index contributed by atoms with van der Waals surface area (Å²) in [5.74, 6) is 3.90. The summed E-state index contributed by atoms with van der Waals surface area (Å²) in [4.78, 5) is 0. The smallest absolute Gasteiger partial charge is 0.161 e. The van der Waals surface area contributed by atoms with E-state index in [1.165, 1.54) is 0 Å². The molecule has 0 radical (unpaired) electrons. The maximum absolute atomic E-state index is 9.60. The second-order valence-corrected chi connectivity index (χ2v) is 12.9. The third-order valence-corrected chi connectivity index (χ3v) is 8.84. The molecule has 8 heteroatoms. The topological polar surface area (TPSA) is 95.8 Å². The van der Waals surface area contributed by atoms with E-state index in [1.54, 1.807) is 0 Å². The molecule has 0 unspecified atom stereocenters. The van der Waals surface area contributed by atoms with Crippen LogP contribution in [0.5, 0.6) is 34.5 Å². The Kier molecular flexibility index (Phi) is 16.9. The zero-order chi connectivity index (χ0) is 35.6. The van der Waals surface area contributed by atoms with Gasteiger partial charge in [0.15, 0.2) is 34.5 Å². The fourth-order valence-corrected chi connectivity index (χ4v) is 6.14. The molecule has 0 saturated carbocycles. The first-order valence-electron chi connectivity index (χ1n) is 19.1. The molecule has 0 fully saturated rings. The number of aliphatic hydroxyl groups is 2. The normalized spacial score (nSPS) is 11.4. The molecular weight excluding hydrogens is 632 g/mol. The molecule has 0 spiro atoms. The van der Waals surface area contributed by atoms with Gasteiger partial charge < -0.3 is 38.6 Å². The third kappa shape index (κ3) is 10.7. The van der Waals surface area contributed by atoms with E-state index in [0.717, 1.165) is 132 Å². The van der Waals surface area contributed by atoms with E-state index in [-0.39, 0.29) is 26.4 Å². The summed E-state index contributed by atoms with van der Waals surface area (Å²) in [5, 5.41) is 25.1. The van der Waals surface area contributed by atoms with Crippen LogP contribution in [-0.2, 0) is 0 Å². The van der Waals surface area contributed by atoms with Gasteiger partial charge in [0, 0.05) is 0 Å². The average molecular weight is 693 g/mol. The lowest BCUT2D eigenvalue weighted by molar-refractivity contribution is 0.178. The number of aliphatic hydroxyl groups excluding tert-OH is 2. The first-order chi connectivity index (χ1) is 24.6. The Hall–Kier alpha value is -3.62. The summed E-state index contributed by atoms with van der Waals surface area (Å²) in [6.45, 7) is 11.2. The quantitative estimate of drug-likeness (QED) is 0.0496. The van der Waals surface area contributed by atoms with Crippen molar-refractivity contribution >= 4 is 32.3 Å². The van der Waals surface area contributed by atoms with Crippen LogP contribution in [0.4, 0.5) is 0 Å². The molecule has 0 amide bonds. The van der Waals surface area contributed by atoms with Crippen molar-refractivity contribution in [2.75, 3.05) is 52.9 Å². The van der Waals surface area contributed by atoms with Crippen molar-refractivity contribution in [2.24, 2.45) is 0 Å². The number of fused-ring (bicyclic) bond motifs is 6. The SMILES string of the molecule is CCCCCOc1cc2c3cc(OCCO)c(OCCO)cc3c3cc(OCCCCC)c(OCCCCC)cc3c2cc1OCCCCC. The third-order valence-electron chi connectivity index (χ3n) is 8.84. The minimum absolute atomic E-state index is 0.114. The molecule has 0 heterocycles. The highest BCUT2D eigenvalue weighted by Crippen LogP contribution is 2.47. The second-order valence-electron chi connectivity index (χ2n) is 12.9. The zero-order valence-corrected chi connectivity index (χ0v) is 31.0.